The highest BCUT2D eigenvalue weighted by Gasteiger charge is 2.38. The van der Waals surface area contributed by atoms with Gasteiger partial charge in [0.25, 0.3) is 0 Å². The quantitative estimate of drug-likeness (QED) is 0.602. The highest BCUT2D eigenvalue weighted by molar-refractivity contribution is 5.76. The Morgan fingerprint density at radius 2 is 1.92 bits per heavy atom. The molecule has 3 heterocycles. The van der Waals surface area contributed by atoms with E-state index < -0.39 is 0 Å². The second-order valence-electron chi connectivity index (χ2n) is 11.6. The summed E-state index contributed by atoms with van der Waals surface area (Å²) in [7, 11) is 1.95. The molecule has 1 aromatic carbocycles. The third-order valence-electron chi connectivity index (χ3n) is 8.71. The van der Waals surface area contributed by atoms with E-state index in [1.54, 1.807) is 0 Å². The summed E-state index contributed by atoms with van der Waals surface area (Å²) in [5, 5.41) is 4.42. The average Bonchev–Trinajstić information content (AvgIpc) is 3.62. The maximum Gasteiger partial charge on any atom is 0.222 e. The van der Waals surface area contributed by atoms with Crippen LogP contribution in [-0.4, -0.2) is 64.8 Å². The highest BCUT2D eigenvalue weighted by Crippen LogP contribution is 2.40. The minimum atomic E-state index is 0.307. The summed E-state index contributed by atoms with van der Waals surface area (Å²) in [5.74, 6) is 2.26. The molecule has 1 saturated heterocycles. The molecule has 196 valence electrons. The molecule has 2 aliphatic heterocycles. The van der Waals surface area contributed by atoms with Crippen LogP contribution in [0.2, 0.25) is 0 Å². The van der Waals surface area contributed by atoms with Gasteiger partial charge in [-0.05, 0) is 86.8 Å². The van der Waals surface area contributed by atoms with Crippen LogP contribution in [0.5, 0.6) is 5.75 Å². The maximum atomic E-state index is 13.1. The number of amides is 1. The van der Waals surface area contributed by atoms with Gasteiger partial charge in [0.1, 0.15) is 12.4 Å². The van der Waals surface area contributed by atoms with Crippen LogP contribution in [0.15, 0.2) is 30.5 Å². The van der Waals surface area contributed by atoms with Gasteiger partial charge in [0.2, 0.25) is 5.91 Å². The summed E-state index contributed by atoms with van der Waals surface area (Å²) in [6.45, 7) is 7.97. The summed E-state index contributed by atoms with van der Waals surface area (Å²) in [5.41, 5.74) is 3.91. The summed E-state index contributed by atoms with van der Waals surface area (Å²) in [6, 6.07) is 8.60. The second-order valence-corrected chi connectivity index (χ2v) is 11.6. The molecule has 1 aromatic heterocycles. The van der Waals surface area contributed by atoms with Crippen LogP contribution in [0.3, 0.4) is 0 Å². The standard InChI is InChI=1S/C30H44N4O2/c1-24-27(22-32(2)31-24)12-13-29(35)34-17-15-30(16-18-34)14-6-5-8-26-7-3-4-9-28(26)36-20-19-33(23-30)21-25-10-11-25/h3-4,7,9,22,25H,5-6,8,10-21,23H2,1-2H3. The number of carbonyl (C=O) groups is 1. The van der Waals surface area contributed by atoms with Gasteiger partial charge in [0, 0.05) is 52.4 Å². The monoisotopic (exact) mass is 492 g/mol. The van der Waals surface area contributed by atoms with Gasteiger partial charge < -0.3 is 9.64 Å². The molecule has 0 N–H and O–H groups in total. The Kier molecular flexibility index (Phi) is 8.00. The first-order chi connectivity index (χ1) is 17.5. The van der Waals surface area contributed by atoms with Crippen molar-refractivity contribution < 1.29 is 9.53 Å². The van der Waals surface area contributed by atoms with Crippen LogP contribution >= 0.6 is 0 Å². The average molecular weight is 493 g/mol. The fraction of sp³-hybridized carbons (Fsp3) is 0.667. The smallest absolute Gasteiger partial charge is 0.222 e. The lowest BCUT2D eigenvalue weighted by atomic mass is 9.73. The SMILES string of the molecule is Cc1nn(C)cc1CCC(=O)N1CCC2(CCCCc3ccccc3OCCN(CC3CC3)C2)CC1. The van der Waals surface area contributed by atoms with Crippen LogP contribution in [-0.2, 0) is 24.7 Å². The maximum absolute atomic E-state index is 13.1. The third kappa shape index (κ3) is 6.50. The number of aromatic nitrogens is 2. The fourth-order valence-electron chi connectivity index (χ4n) is 6.34. The topological polar surface area (TPSA) is 50.6 Å². The molecule has 5 rings (SSSR count). The minimum Gasteiger partial charge on any atom is -0.492 e. The van der Waals surface area contributed by atoms with E-state index in [1.165, 1.54) is 49.8 Å². The Hall–Kier alpha value is -2.34. The first-order valence-electron chi connectivity index (χ1n) is 14.2. The van der Waals surface area contributed by atoms with Crippen molar-refractivity contribution in [2.75, 3.05) is 39.3 Å². The van der Waals surface area contributed by atoms with E-state index in [0.29, 0.717) is 17.7 Å². The molecule has 2 fully saturated rings. The molecule has 0 radical (unpaired) electrons. The molecule has 3 aliphatic rings. The van der Waals surface area contributed by atoms with Crippen LogP contribution in [0, 0.1) is 18.3 Å². The van der Waals surface area contributed by atoms with Crippen molar-refractivity contribution in [3.63, 3.8) is 0 Å². The minimum absolute atomic E-state index is 0.307. The molecule has 0 unspecified atom stereocenters. The number of fused-ring (bicyclic) bond motifs is 1. The number of aryl methyl sites for hydroxylation is 4. The van der Waals surface area contributed by atoms with Gasteiger partial charge >= 0.3 is 0 Å². The van der Waals surface area contributed by atoms with Crippen LogP contribution in [0.4, 0.5) is 0 Å². The lowest BCUT2D eigenvalue weighted by Crippen LogP contribution is -2.49. The van der Waals surface area contributed by atoms with Gasteiger partial charge in [-0.2, -0.15) is 5.10 Å². The number of likely N-dealkylation sites (tertiary alicyclic amines) is 1. The zero-order valence-electron chi connectivity index (χ0n) is 22.4. The number of rotatable bonds is 5. The molecule has 1 saturated carbocycles. The Morgan fingerprint density at radius 1 is 1.11 bits per heavy atom. The molecule has 36 heavy (non-hydrogen) atoms. The molecule has 1 aliphatic carbocycles. The number of nitrogens with zero attached hydrogens (tertiary/aromatic N) is 4. The van der Waals surface area contributed by atoms with Gasteiger partial charge in [0.05, 0.1) is 5.69 Å². The van der Waals surface area contributed by atoms with Crippen LogP contribution < -0.4 is 4.74 Å². The van der Waals surface area contributed by atoms with Gasteiger partial charge in [-0.25, -0.2) is 0 Å². The fourth-order valence-corrected chi connectivity index (χ4v) is 6.34. The zero-order valence-corrected chi connectivity index (χ0v) is 22.4. The van der Waals surface area contributed by atoms with Gasteiger partial charge in [0.15, 0.2) is 0 Å². The number of para-hydroxylation sites is 1. The van der Waals surface area contributed by atoms with Crippen LogP contribution in [0.1, 0.15) is 68.2 Å². The second kappa shape index (κ2) is 11.4. The molecule has 0 atom stereocenters. The van der Waals surface area contributed by atoms with Crippen molar-refractivity contribution in [2.24, 2.45) is 18.4 Å². The van der Waals surface area contributed by atoms with Crippen molar-refractivity contribution in [1.82, 2.24) is 19.6 Å². The Labute approximate surface area is 217 Å². The van der Waals surface area contributed by atoms with E-state index in [9.17, 15) is 4.79 Å². The number of carbonyl (C=O) groups excluding carboxylic acids is 1. The molecular formula is C30H44N4O2. The lowest BCUT2D eigenvalue weighted by molar-refractivity contribution is -0.133. The first kappa shape index (κ1) is 25.3. The van der Waals surface area contributed by atoms with E-state index in [4.69, 9.17) is 4.74 Å². The summed E-state index contributed by atoms with van der Waals surface area (Å²) in [6.07, 6.45) is 13.3. The van der Waals surface area contributed by atoms with E-state index in [0.717, 1.165) is 75.8 Å². The first-order valence-corrected chi connectivity index (χ1v) is 14.2. The van der Waals surface area contributed by atoms with E-state index >= 15 is 0 Å². The number of piperidine rings is 1. The van der Waals surface area contributed by atoms with Gasteiger partial charge in [-0.3, -0.25) is 14.4 Å². The molecule has 2 aromatic rings. The van der Waals surface area contributed by atoms with Gasteiger partial charge in [-0.15, -0.1) is 0 Å². The molecule has 1 amide bonds. The Bertz CT molecular complexity index is 1020. The van der Waals surface area contributed by atoms with Crippen LogP contribution in [0.25, 0.3) is 0 Å². The molecule has 0 bridgehead atoms. The lowest BCUT2D eigenvalue weighted by Gasteiger charge is -2.45. The highest BCUT2D eigenvalue weighted by atomic mass is 16.5. The summed E-state index contributed by atoms with van der Waals surface area (Å²) in [4.78, 5) is 17.9. The number of hydrogen-bond donors (Lipinski definition) is 0. The Morgan fingerprint density at radius 3 is 2.67 bits per heavy atom. The molecular weight excluding hydrogens is 448 g/mol. The van der Waals surface area contributed by atoms with Crippen molar-refractivity contribution in [1.29, 1.82) is 0 Å². The van der Waals surface area contributed by atoms with Gasteiger partial charge in [-0.1, -0.05) is 24.6 Å². The number of hydrogen-bond acceptors (Lipinski definition) is 4. The normalized spacial score (nSPS) is 21.3. The van der Waals surface area contributed by atoms with Crippen molar-refractivity contribution in [2.45, 2.75) is 71.1 Å². The Balaban J connectivity index is 1.21. The van der Waals surface area contributed by atoms with Crippen molar-refractivity contribution >= 4 is 5.91 Å². The van der Waals surface area contributed by atoms with Crippen molar-refractivity contribution in [3.05, 3.63) is 47.3 Å². The van der Waals surface area contributed by atoms with Crippen molar-refractivity contribution in [3.8, 4) is 5.75 Å². The number of benzene rings is 1. The van der Waals surface area contributed by atoms with E-state index in [1.807, 2.05) is 18.7 Å². The predicted molar refractivity (Wildman–Crippen MR) is 143 cm³/mol. The molecule has 1 spiro atoms. The largest absolute Gasteiger partial charge is 0.492 e. The summed E-state index contributed by atoms with van der Waals surface area (Å²) < 4.78 is 8.14. The predicted octanol–water partition coefficient (Wildman–Crippen LogP) is 4.79. The number of ether oxygens (including phenoxy) is 1. The summed E-state index contributed by atoms with van der Waals surface area (Å²) >= 11 is 0. The van der Waals surface area contributed by atoms with E-state index in [-0.39, 0.29) is 0 Å². The zero-order chi connectivity index (χ0) is 25.0. The van der Waals surface area contributed by atoms with E-state index in [2.05, 4.69) is 45.4 Å². The third-order valence-corrected chi connectivity index (χ3v) is 8.71. The molecule has 6 heteroatoms. The molecule has 6 nitrogen and oxygen atoms in total.